The number of amides is 1. The van der Waals surface area contributed by atoms with Crippen LogP contribution in [0.3, 0.4) is 0 Å². The summed E-state index contributed by atoms with van der Waals surface area (Å²) in [6.45, 7) is 13.9. The van der Waals surface area contributed by atoms with E-state index in [1.165, 1.54) is 0 Å². The predicted molar refractivity (Wildman–Crippen MR) is 82.7 cm³/mol. The summed E-state index contributed by atoms with van der Waals surface area (Å²) in [4.78, 5) is 11.8. The lowest BCUT2D eigenvalue weighted by Crippen LogP contribution is -2.46. The number of carbonyl (C=O) groups excluding carboxylic acids is 1. The first-order valence-corrected chi connectivity index (χ1v) is 7.68. The van der Waals surface area contributed by atoms with E-state index in [4.69, 9.17) is 4.74 Å². The minimum Gasteiger partial charge on any atom is -0.444 e. The lowest BCUT2D eigenvalue weighted by atomic mass is 9.94. The van der Waals surface area contributed by atoms with Crippen LogP contribution in [0, 0.1) is 11.8 Å². The Hall–Kier alpha value is -0.770. The van der Waals surface area contributed by atoms with Crippen molar-refractivity contribution in [1.82, 2.24) is 5.32 Å². The van der Waals surface area contributed by atoms with Crippen LogP contribution in [0.25, 0.3) is 0 Å². The number of aliphatic hydroxyl groups is 1. The molecular formula is C16H33NO3. The molecule has 0 aliphatic heterocycles. The number of nitrogens with one attached hydrogen (secondary N) is 1. The third-order valence-electron chi connectivity index (χ3n) is 2.93. The van der Waals surface area contributed by atoms with Gasteiger partial charge in [-0.3, -0.25) is 0 Å². The fraction of sp³-hybridized carbons (Fsp3) is 0.938. The van der Waals surface area contributed by atoms with Crippen molar-refractivity contribution in [3.8, 4) is 0 Å². The highest BCUT2D eigenvalue weighted by Gasteiger charge is 2.25. The molecule has 0 saturated carbocycles. The van der Waals surface area contributed by atoms with Crippen molar-refractivity contribution >= 4 is 6.09 Å². The van der Waals surface area contributed by atoms with Crippen LogP contribution in [0.2, 0.25) is 0 Å². The second-order valence-electron chi connectivity index (χ2n) is 7.42. The zero-order valence-corrected chi connectivity index (χ0v) is 14.2. The minimum atomic E-state index is -0.521. The van der Waals surface area contributed by atoms with E-state index in [2.05, 4.69) is 33.0 Å². The van der Waals surface area contributed by atoms with E-state index in [0.717, 1.165) is 12.8 Å². The van der Waals surface area contributed by atoms with Crippen molar-refractivity contribution in [1.29, 1.82) is 0 Å². The molecule has 0 aromatic rings. The number of hydrogen-bond donors (Lipinski definition) is 2. The van der Waals surface area contributed by atoms with Gasteiger partial charge in [-0.25, -0.2) is 4.79 Å². The molecule has 0 rings (SSSR count). The lowest BCUT2D eigenvalue weighted by molar-refractivity contribution is 0.0387. The molecule has 1 amide bonds. The Morgan fingerprint density at radius 2 is 1.65 bits per heavy atom. The van der Waals surface area contributed by atoms with Crippen LogP contribution in [0.1, 0.15) is 67.7 Å². The summed E-state index contributed by atoms with van der Waals surface area (Å²) in [5.41, 5.74) is -0.519. The van der Waals surface area contributed by atoms with Crippen molar-refractivity contribution in [2.45, 2.75) is 85.5 Å². The number of aliphatic hydroxyl groups excluding tert-OH is 1. The number of rotatable bonds is 7. The Morgan fingerprint density at radius 3 is 2.05 bits per heavy atom. The lowest BCUT2D eigenvalue weighted by Gasteiger charge is -2.28. The highest BCUT2D eigenvalue weighted by atomic mass is 16.6. The van der Waals surface area contributed by atoms with Gasteiger partial charge in [-0.1, -0.05) is 27.7 Å². The van der Waals surface area contributed by atoms with Crippen LogP contribution in [0.4, 0.5) is 4.79 Å². The Balaban J connectivity index is 4.51. The molecule has 120 valence electrons. The molecule has 0 fully saturated rings. The molecule has 0 aromatic carbocycles. The topological polar surface area (TPSA) is 58.6 Å². The van der Waals surface area contributed by atoms with Gasteiger partial charge in [0.25, 0.3) is 0 Å². The van der Waals surface area contributed by atoms with Crippen molar-refractivity contribution in [2.75, 3.05) is 0 Å². The molecule has 0 aliphatic carbocycles. The zero-order chi connectivity index (χ0) is 15.9. The smallest absolute Gasteiger partial charge is 0.407 e. The van der Waals surface area contributed by atoms with E-state index >= 15 is 0 Å². The average Bonchev–Trinajstić information content (AvgIpc) is 2.21. The number of hydrogen-bond acceptors (Lipinski definition) is 3. The first-order valence-electron chi connectivity index (χ1n) is 7.68. The molecule has 0 spiro atoms. The summed E-state index contributed by atoms with van der Waals surface area (Å²) in [6.07, 6.45) is 1.42. The molecule has 0 heterocycles. The monoisotopic (exact) mass is 287 g/mol. The molecule has 0 saturated heterocycles. The normalized spacial score (nSPS) is 15.3. The SMILES string of the molecule is CC(C)CCC(O)C(CC(C)C)NC(=O)OC(C)(C)C. The molecule has 4 nitrogen and oxygen atoms in total. The Morgan fingerprint density at radius 1 is 1.10 bits per heavy atom. The van der Waals surface area contributed by atoms with E-state index in [0.29, 0.717) is 18.3 Å². The highest BCUT2D eigenvalue weighted by Crippen LogP contribution is 2.16. The standard InChI is InChI=1S/C16H33NO3/c1-11(2)8-9-14(18)13(10-12(3)4)17-15(19)20-16(5,6)7/h11-14,18H,8-10H2,1-7H3,(H,17,19). The summed E-state index contributed by atoms with van der Waals surface area (Å²) in [6, 6.07) is -0.247. The van der Waals surface area contributed by atoms with Crippen LogP contribution in [-0.2, 0) is 4.74 Å². The summed E-state index contributed by atoms with van der Waals surface area (Å²) in [7, 11) is 0. The van der Waals surface area contributed by atoms with Crippen molar-refractivity contribution in [2.24, 2.45) is 11.8 Å². The Labute approximate surface area is 124 Å². The fourth-order valence-corrected chi connectivity index (χ4v) is 1.98. The van der Waals surface area contributed by atoms with E-state index in [1.807, 2.05) is 20.8 Å². The van der Waals surface area contributed by atoms with Crippen LogP contribution in [0.5, 0.6) is 0 Å². The maximum absolute atomic E-state index is 11.8. The predicted octanol–water partition coefficient (Wildman–Crippen LogP) is 3.72. The molecule has 0 radical (unpaired) electrons. The fourth-order valence-electron chi connectivity index (χ4n) is 1.98. The van der Waals surface area contributed by atoms with Gasteiger partial charge < -0.3 is 15.2 Å². The number of ether oxygens (including phenoxy) is 1. The minimum absolute atomic E-state index is 0.247. The molecular weight excluding hydrogens is 254 g/mol. The quantitative estimate of drug-likeness (QED) is 0.750. The molecule has 20 heavy (non-hydrogen) atoms. The van der Waals surface area contributed by atoms with E-state index in [-0.39, 0.29) is 6.04 Å². The van der Waals surface area contributed by atoms with Crippen LogP contribution in [-0.4, -0.2) is 28.9 Å². The van der Waals surface area contributed by atoms with Gasteiger partial charge in [0.15, 0.2) is 0 Å². The third kappa shape index (κ3) is 10.1. The van der Waals surface area contributed by atoms with Gasteiger partial charge in [0.2, 0.25) is 0 Å². The maximum atomic E-state index is 11.8. The summed E-state index contributed by atoms with van der Waals surface area (Å²) in [5.74, 6) is 0.953. The molecule has 2 N–H and O–H groups in total. The van der Waals surface area contributed by atoms with Gasteiger partial charge in [0.1, 0.15) is 5.60 Å². The van der Waals surface area contributed by atoms with Gasteiger partial charge in [-0.15, -0.1) is 0 Å². The van der Waals surface area contributed by atoms with Crippen molar-refractivity contribution < 1.29 is 14.6 Å². The summed E-state index contributed by atoms with van der Waals surface area (Å²) < 4.78 is 5.26. The molecule has 0 aromatic heterocycles. The van der Waals surface area contributed by atoms with Gasteiger partial charge in [0.05, 0.1) is 12.1 Å². The third-order valence-corrected chi connectivity index (χ3v) is 2.93. The second-order valence-corrected chi connectivity index (χ2v) is 7.42. The Kier molecular flexibility index (Phi) is 8.17. The van der Waals surface area contributed by atoms with Crippen molar-refractivity contribution in [3.63, 3.8) is 0 Å². The van der Waals surface area contributed by atoms with Gasteiger partial charge >= 0.3 is 6.09 Å². The van der Waals surface area contributed by atoms with Gasteiger partial charge in [-0.2, -0.15) is 0 Å². The summed E-state index contributed by atoms with van der Waals surface area (Å²) in [5, 5.41) is 13.1. The van der Waals surface area contributed by atoms with Gasteiger partial charge in [0, 0.05) is 0 Å². The molecule has 2 unspecified atom stereocenters. The molecule has 2 atom stereocenters. The molecule has 4 heteroatoms. The van der Waals surface area contributed by atoms with Crippen LogP contribution < -0.4 is 5.32 Å². The van der Waals surface area contributed by atoms with Crippen LogP contribution >= 0.6 is 0 Å². The van der Waals surface area contributed by atoms with Crippen molar-refractivity contribution in [3.05, 3.63) is 0 Å². The van der Waals surface area contributed by atoms with E-state index in [9.17, 15) is 9.90 Å². The highest BCUT2D eigenvalue weighted by molar-refractivity contribution is 5.68. The van der Waals surface area contributed by atoms with E-state index < -0.39 is 17.8 Å². The first-order chi connectivity index (χ1) is 9.01. The number of carbonyl (C=O) groups is 1. The van der Waals surface area contributed by atoms with Crippen LogP contribution in [0.15, 0.2) is 0 Å². The average molecular weight is 287 g/mol. The molecule has 0 aliphatic rings. The number of alkyl carbamates (subject to hydrolysis) is 1. The first kappa shape index (κ1) is 19.2. The molecule has 0 bridgehead atoms. The second kappa shape index (κ2) is 8.50. The zero-order valence-electron chi connectivity index (χ0n) is 14.2. The van der Waals surface area contributed by atoms with E-state index in [1.54, 1.807) is 0 Å². The largest absolute Gasteiger partial charge is 0.444 e. The van der Waals surface area contributed by atoms with Gasteiger partial charge in [-0.05, 0) is 51.9 Å². The Bertz CT molecular complexity index is 282. The summed E-state index contributed by atoms with van der Waals surface area (Å²) >= 11 is 0. The maximum Gasteiger partial charge on any atom is 0.407 e.